The summed E-state index contributed by atoms with van der Waals surface area (Å²) in [7, 11) is 0. The molecule has 2 aromatic rings. The number of urea groups is 1. The van der Waals surface area contributed by atoms with Gasteiger partial charge in [0.25, 0.3) is 0 Å². The van der Waals surface area contributed by atoms with E-state index in [1.807, 2.05) is 48.5 Å². The fourth-order valence-electron chi connectivity index (χ4n) is 4.63. The van der Waals surface area contributed by atoms with Gasteiger partial charge < -0.3 is 30.9 Å². The molecule has 2 saturated heterocycles. The van der Waals surface area contributed by atoms with Crippen LogP contribution in [-0.4, -0.2) is 82.5 Å². The molecular weight excluding hydrogens is 460 g/mol. The third-order valence-electron chi connectivity index (χ3n) is 6.60. The second-order valence-corrected chi connectivity index (χ2v) is 10.0. The zero-order valence-corrected chi connectivity index (χ0v) is 20.8. The standard InChI is InChI=1S/C26H34N6O4/c1-25(2,27)23(34)30-21(16-36-15-19-8-4-3-5-9-19)22(33)31-12-13-32-24(35)29-17-26(32,18-31)14-20-10-6-7-11-28-20/h3-11,21H,12-18,27H2,1-2H3,(H,29,35)(H,30,34). The summed E-state index contributed by atoms with van der Waals surface area (Å²) in [5, 5.41) is 5.71. The van der Waals surface area contributed by atoms with Crippen molar-refractivity contribution in [2.45, 2.75) is 44.0 Å². The lowest BCUT2D eigenvalue weighted by atomic mass is 9.89. The molecule has 2 fully saturated rings. The van der Waals surface area contributed by atoms with Gasteiger partial charge in [0.1, 0.15) is 6.04 Å². The van der Waals surface area contributed by atoms with Gasteiger partial charge in [-0.25, -0.2) is 4.79 Å². The highest BCUT2D eigenvalue weighted by Gasteiger charge is 2.50. The van der Waals surface area contributed by atoms with Crippen LogP contribution in [0.2, 0.25) is 0 Å². The van der Waals surface area contributed by atoms with Gasteiger partial charge in [0.05, 0.1) is 24.3 Å². The third kappa shape index (κ3) is 5.83. The Labute approximate surface area is 211 Å². The summed E-state index contributed by atoms with van der Waals surface area (Å²) < 4.78 is 5.84. The molecule has 0 bridgehead atoms. The number of carbonyl (C=O) groups excluding carboxylic acids is 3. The third-order valence-corrected chi connectivity index (χ3v) is 6.60. The van der Waals surface area contributed by atoms with E-state index in [0.717, 1.165) is 11.3 Å². The van der Waals surface area contributed by atoms with Gasteiger partial charge >= 0.3 is 6.03 Å². The molecule has 10 heteroatoms. The zero-order valence-electron chi connectivity index (χ0n) is 20.8. The number of nitrogens with zero attached hydrogens (tertiary/aromatic N) is 3. The Kier molecular flexibility index (Phi) is 7.56. The molecule has 192 valence electrons. The maximum absolute atomic E-state index is 13.7. The number of hydrogen-bond acceptors (Lipinski definition) is 6. The molecule has 0 aliphatic carbocycles. The highest BCUT2D eigenvalue weighted by molar-refractivity contribution is 5.92. The van der Waals surface area contributed by atoms with Crippen LogP contribution in [0.1, 0.15) is 25.1 Å². The molecule has 0 spiro atoms. The van der Waals surface area contributed by atoms with Crippen molar-refractivity contribution in [3.8, 4) is 0 Å². The first kappa shape index (κ1) is 25.6. The number of nitrogens with one attached hydrogen (secondary N) is 2. The van der Waals surface area contributed by atoms with Crippen LogP contribution in [-0.2, 0) is 27.4 Å². The summed E-state index contributed by atoms with van der Waals surface area (Å²) in [6, 6.07) is 14.2. The number of hydrogen-bond donors (Lipinski definition) is 3. The second kappa shape index (κ2) is 10.6. The van der Waals surface area contributed by atoms with Crippen LogP contribution in [0, 0.1) is 0 Å². The molecule has 1 aromatic heterocycles. The minimum atomic E-state index is -1.15. The van der Waals surface area contributed by atoms with E-state index in [1.165, 1.54) is 0 Å². The van der Waals surface area contributed by atoms with E-state index in [4.69, 9.17) is 10.5 Å². The lowest BCUT2D eigenvalue weighted by molar-refractivity contribution is -0.142. The van der Waals surface area contributed by atoms with E-state index < -0.39 is 23.0 Å². The van der Waals surface area contributed by atoms with E-state index in [1.54, 1.807) is 29.8 Å². The first-order chi connectivity index (χ1) is 17.2. The number of rotatable bonds is 9. The van der Waals surface area contributed by atoms with Gasteiger partial charge in [0, 0.05) is 44.5 Å². The highest BCUT2D eigenvalue weighted by atomic mass is 16.5. The maximum Gasteiger partial charge on any atom is 0.318 e. The Morgan fingerprint density at radius 1 is 1.19 bits per heavy atom. The van der Waals surface area contributed by atoms with Crippen molar-refractivity contribution >= 4 is 17.8 Å². The summed E-state index contributed by atoms with van der Waals surface area (Å²) in [6.07, 6.45) is 2.23. The highest BCUT2D eigenvalue weighted by Crippen LogP contribution is 2.29. The molecule has 1 aromatic carbocycles. The molecule has 2 aliphatic rings. The molecule has 4 N–H and O–H groups in total. The molecule has 2 unspecified atom stereocenters. The molecular formula is C26H34N6O4. The average Bonchev–Trinajstić information content (AvgIpc) is 3.18. The van der Waals surface area contributed by atoms with Gasteiger partial charge in [0.2, 0.25) is 11.8 Å². The molecule has 0 radical (unpaired) electrons. The van der Waals surface area contributed by atoms with E-state index in [9.17, 15) is 14.4 Å². The van der Waals surface area contributed by atoms with E-state index in [0.29, 0.717) is 39.2 Å². The fourth-order valence-corrected chi connectivity index (χ4v) is 4.63. The average molecular weight is 495 g/mol. The SMILES string of the molecule is CC(C)(N)C(=O)NC(COCc1ccccc1)C(=O)N1CCN2C(=O)NCC2(Cc2ccccn2)C1. The van der Waals surface area contributed by atoms with Crippen LogP contribution >= 0.6 is 0 Å². The van der Waals surface area contributed by atoms with Crippen molar-refractivity contribution in [2.24, 2.45) is 5.73 Å². The Hall–Kier alpha value is -3.50. The fraction of sp³-hybridized carbons (Fsp3) is 0.462. The number of pyridine rings is 1. The molecule has 10 nitrogen and oxygen atoms in total. The number of benzene rings is 1. The lowest BCUT2D eigenvalue weighted by Gasteiger charge is -2.46. The topological polar surface area (TPSA) is 130 Å². The second-order valence-electron chi connectivity index (χ2n) is 10.0. The predicted octanol–water partition coefficient (Wildman–Crippen LogP) is 0.669. The van der Waals surface area contributed by atoms with Crippen LogP contribution < -0.4 is 16.4 Å². The minimum absolute atomic E-state index is 0.000182. The van der Waals surface area contributed by atoms with Crippen LogP contribution in [0.5, 0.6) is 0 Å². The predicted molar refractivity (Wildman–Crippen MR) is 134 cm³/mol. The Bertz CT molecular complexity index is 1070. The number of fused-ring (bicyclic) bond motifs is 1. The van der Waals surface area contributed by atoms with Crippen molar-refractivity contribution in [3.63, 3.8) is 0 Å². The number of ether oxygens (including phenoxy) is 1. The van der Waals surface area contributed by atoms with E-state index in [2.05, 4.69) is 15.6 Å². The van der Waals surface area contributed by atoms with Gasteiger partial charge in [-0.05, 0) is 31.5 Å². The van der Waals surface area contributed by atoms with E-state index in [-0.39, 0.29) is 18.5 Å². The van der Waals surface area contributed by atoms with Crippen LogP contribution in [0.3, 0.4) is 0 Å². The smallest absolute Gasteiger partial charge is 0.318 e. The lowest BCUT2D eigenvalue weighted by Crippen LogP contribution is -2.66. The van der Waals surface area contributed by atoms with Crippen molar-refractivity contribution < 1.29 is 19.1 Å². The Morgan fingerprint density at radius 2 is 1.94 bits per heavy atom. The van der Waals surface area contributed by atoms with Gasteiger partial charge in [-0.15, -0.1) is 0 Å². The summed E-state index contributed by atoms with van der Waals surface area (Å²) >= 11 is 0. The molecule has 2 atom stereocenters. The summed E-state index contributed by atoms with van der Waals surface area (Å²) in [5.41, 5.74) is 6.01. The molecule has 2 aliphatic heterocycles. The summed E-state index contributed by atoms with van der Waals surface area (Å²) in [6.45, 7) is 4.95. The normalized spacial score (nSPS) is 20.5. The van der Waals surface area contributed by atoms with Gasteiger partial charge in [-0.3, -0.25) is 14.6 Å². The Morgan fingerprint density at radius 3 is 2.64 bits per heavy atom. The van der Waals surface area contributed by atoms with Crippen molar-refractivity contribution in [1.29, 1.82) is 0 Å². The Balaban J connectivity index is 1.50. The largest absolute Gasteiger partial charge is 0.374 e. The molecule has 3 heterocycles. The van der Waals surface area contributed by atoms with Crippen LogP contribution in [0.15, 0.2) is 54.7 Å². The molecule has 4 rings (SSSR count). The zero-order chi connectivity index (χ0) is 25.8. The van der Waals surface area contributed by atoms with Gasteiger partial charge in [-0.2, -0.15) is 0 Å². The van der Waals surface area contributed by atoms with Crippen molar-refractivity contribution in [2.75, 3.05) is 32.8 Å². The minimum Gasteiger partial charge on any atom is -0.374 e. The first-order valence-electron chi connectivity index (χ1n) is 12.1. The summed E-state index contributed by atoms with van der Waals surface area (Å²) in [4.78, 5) is 46.9. The number of piperazine rings is 1. The quantitative estimate of drug-likeness (QED) is 0.470. The number of amides is 4. The van der Waals surface area contributed by atoms with Crippen LogP contribution in [0.25, 0.3) is 0 Å². The molecule has 36 heavy (non-hydrogen) atoms. The molecule has 0 saturated carbocycles. The summed E-state index contributed by atoms with van der Waals surface area (Å²) in [5.74, 6) is -0.705. The van der Waals surface area contributed by atoms with Crippen molar-refractivity contribution in [3.05, 3.63) is 66.0 Å². The molecule has 4 amide bonds. The maximum atomic E-state index is 13.7. The van der Waals surface area contributed by atoms with Crippen molar-refractivity contribution in [1.82, 2.24) is 25.4 Å². The first-order valence-corrected chi connectivity index (χ1v) is 12.1. The number of nitrogens with two attached hydrogens (primary N) is 1. The number of carbonyl (C=O) groups is 3. The monoisotopic (exact) mass is 494 g/mol. The number of aromatic nitrogens is 1. The van der Waals surface area contributed by atoms with Crippen LogP contribution in [0.4, 0.5) is 4.79 Å². The van der Waals surface area contributed by atoms with E-state index >= 15 is 0 Å². The van der Waals surface area contributed by atoms with Gasteiger partial charge in [-0.1, -0.05) is 36.4 Å². The van der Waals surface area contributed by atoms with Gasteiger partial charge in [0.15, 0.2) is 0 Å².